The molecule has 2 rings (SSSR count). The topological polar surface area (TPSA) is 92.5 Å². The maximum absolute atomic E-state index is 12.2. The molecule has 0 spiro atoms. The third kappa shape index (κ3) is 3.59. The number of nitrogens with two attached hydrogens (primary N) is 1. The number of rotatable bonds is 2. The van der Waals surface area contributed by atoms with Crippen LogP contribution in [0.25, 0.3) is 0 Å². The van der Waals surface area contributed by atoms with E-state index in [4.69, 9.17) is 5.73 Å². The van der Waals surface area contributed by atoms with E-state index in [1.165, 1.54) is 4.90 Å². The number of carbonyl (C=O) groups excluding carboxylic acids is 3. The van der Waals surface area contributed by atoms with Crippen LogP contribution in [0.15, 0.2) is 30.3 Å². The van der Waals surface area contributed by atoms with Crippen LogP contribution in [0.2, 0.25) is 0 Å². The Morgan fingerprint density at radius 3 is 2.48 bits per heavy atom. The molecule has 0 bridgehead atoms. The van der Waals surface area contributed by atoms with Gasteiger partial charge in [0.05, 0.1) is 5.92 Å². The Kier molecular flexibility index (Phi) is 4.57. The number of carbonyl (C=O) groups is 3. The molecule has 0 radical (unpaired) electrons. The molecule has 0 unspecified atom stereocenters. The molecule has 2 atom stereocenters. The van der Waals surface area contributed by atoms with Crippen molar-refractivity contribution in [2.24, 2.45) is 11.7 Å². The molecule has 3 amide bonds. The highest BCUT2D eigenvalue weighted by Crippen LogP contribution is 2.22. The summed E-state index contributed by atoms with van der Waals surface area (Å²) in [7, 11) is 0. The minimum Gasteiger partial charge on any atom is -0.369 e. The van der Waals surface area contributed by atoms with Crippen molar-refractivity contribution in [2.45, 2.75) is 25.8 Å². The molecule has 0 aliphatic carbocycles. The van der Waals surface area contributed by atoms with E-state index >= 15 is 0 Å². The monoisotopic (exact) mass is 289 g/mol. The number of hydrogen-bond acceptors (Lipinski definition) is 3. The molecule has 1 aromatic carbocycles. The van der Waals surface area contributed by atoms with Gasteiger partial charge in [0.15, 0.2) is 0 Å². The number of nitrogens with zero attached hydrogens (tertiary/aromatic N) is 1. The fourth-order valence-electron chi connectivity index (χ4n) is 2.46. The Labute approximate surface area is 123 Å². The summed E-state index contributed by atoms with van der Waals surface area (Å²) in [6.45, 7) is 2.07. The van der Waals surface area contributed by atoms with Crippen LogP contribution in [0.3, 0.4) is 0 Å². The predicted molar refractivity (Wildman–Crippen MR) is 78.2 cm³/mol. The molecule has 6 heteroatoms. The molecule has 6 nitrogen and oxygen atoms in total. The number of primary amides is 1. The summed E-state index contributed by atoms with van der Waals surface area (Å²) in [5.74, 6) is -2.13. The van der Waals surface area contributed by atoms with Crippen LogP contribution in [0.5, 0.6) is 0 Å². The van der Waals surface area contributed by atoms with Gasteiger partial charge < -0.3 is 16.0 Å². The van der Waals surface area contributed by atoms with Gasteiger partial charge in [0.1, 0.15) is 0 Å². The molecule has 1 saturated heterocycles. The first-order valence-electron chi connectivity index (χ1n) is 6.95. The van der Waals surface area contributed by atoms with Gasteiger partial charge in [0.25, 0.3) is 0 Å². The molecule has 1 heterocycles. The highest BCUT2D eigenvalue weighted by Gasteiger charge is 2.34. The second-order valence-electron chi connectivity index (χ2n) is 5.30. The maximum Gasteiger partial charge on any atom is 0.313 e. The molecule has 0 aromatic heterocycles. The lowest BCUT2D eigenvalue weighted by Crippen LogP contribution is -2.51. The van der Waals surface area contributed by atoms with Crippen molar-refractivity contribution >= 4 is 23.4 Å². The van der Waals surface area contributed by atoms with Crippen LogP contribution in [-0.4, -0.2) is 35.2 Å². The Balaban J connectivity index is 2.03. The van der Waals surface area contributed by atoms with Crippen LogP contribution in [0.1, 0.15) is 19.8 Å². The zero-order valence-electron chi connectivity index (χ0n) is 11.9. The zero-order chi connectivity index (χ0) is 15.4. The van der Waals surface area contributed by atoms with E-state index in [0.29, 0.717) is 18.5 Å². The molecule has 1 fully saturated rings. The summed E-state index contributed by atoms with van der Waals surface area (Å²) in [4.78, 5) is 37.0. The fraction of sp³-hybridized carbons (Fsp3) is 0.400. The Morgan fingerprint density at radius 2 is 1.86 bits per heavy atom. The van der Waals surface area contributed by atoms with Crippen molar-refractivity contribution in [2.75, 3.05) is 11.9 Å². The number of amides is 3. The Bertz CT molecular complexity index is 544. The van der Waals surface area contributed by atoms with Crippen molar-refractivity contribution in [1.29, 1.82) is 0 Å². The van der Waals surface area contributed by atoms with Crippen molar-refractivity contribution in [1.82, 2.24) is 4.90 Å². The zero-order valence-corrected chi connectivity index (χ0v) is 11.9. The number of nitrogens with one attached hydrogen (secondary N) is 1. The molecule has 21 heavy (non-hydrogen) atoms. The number of benzene rings is 1. The summed E-state index contributed by atoms with van der Waals surface area (Å²) in [5.41, 5.74) is 5.86. The van der Waals surface area contributed by atoms with Gasteiger partial charge in [0.2, 0.25) is 5.91 Å². The largest absolute Gasteiger partial charge is 0.369 e. The van der Waals surface area contributed by atoms with Gasteiger partial charge in [0, 0.05) is 18.3 Å². The quantitative estimate of drug-likeness (QED) is 0.786. The highest BCUT2D eigenvalue weighted by atomic mass is 16.2. The van der Waals surface area contributed by atoms with E-state index in [1.807, 2.05) is 13.0 Å². The van der Waals surface area contributed by atoms with Gasteiger partial charge in [-0.3, -0.25) is 14.4 Å². The molecule has 1 aromatic rings. The molecule has 1 aliphatic rings. The SMILES string of the molecule is C[C@@H]1CC[C@H](C(N)=O)CN1C(=O)C(=O)Nc1ccccc1. The first-order valence-corrected chi connectivity index (χ1v) is 6.95. The average Bonchev–Trinajstić information content (AvgIpc) is 2.47. The van der Waals surface area contributed by atoms with Gasteiger partial charge in [-0.15, -0.1) is 0 Å². The van der Waals surface area contributed by atoms with E-state index in [1.54, 1.807) is 24.3 Å². The van der Waals surface area contributed by atoms with Gasteiger partial charge in [-0.25, -0.2) is 0 Å². The standard InChI is InChI=1S/C15H19N3O3/c1-10-7-8-11(13(16)19)9-18(10)15(21)14(20)17-12-5-3-2-4-6-12/h2-6,10-11H,7-9H2,1H3,(H2,16,19)(H,17,20)/t10-,11+/m1/s1. The van der Waals surface area contributed by atoms with E-state index in [0.717, 1.165) is 0 Å². The smallest absolute Gasteiger partial charge is 0.313 e. The fourth-order valence-corrected chi connectivity index (χ4v) is 2.46. The van der Waals surface area contributed by atoms with Gasteiger partial charge in [-0.05, 0) is 31.9 Å². The first-order chi connectivity index (χ1) is 9.99. The van der Waals surface area contributed by atoms with Gasteiger partial charge >= 0.3 is 11.8 Å². The summed E-state index contributed by atoms with van der Waals surface area (Å²) < 4.78 is 0. The van der Waals surface area contributed by atoms with Gasteiger partial charge in [-0.1, -0.05) is 18.2 Å². The molecular weight excluding hydrogens is 270 g/mol. The molecule has 112 valence electrons. The first kappa shape index (κ1) is 15.0. The number of hydrogen-bond donors (Lipinski definition) is 2. The van der Waals surface area contributed by atoms with E-state index in [2.05, 4.69) is 5.32 Å². The number of likely N-dealkylation sites (tertiary alicyclic amines) is 1. The number of para-hydroxylation sites is 1. The van der Waals surface area contributed by atoms with Crippen molar-refractivity contribution in [3.05, 3.63) is 30.3 Å². The lowest BCUT2D eigenvalue weighted by Gasteiger charge is -2.36. The minimum absolute atomic E-state index is 0.0744. The third-order valence-corrected chi connectivity index (χ3v) is 3.77. The number of anilines is 1. The van der Waals surface area contributed by atoms with Crippen LogP contribution < -0.4 is 11.1 Å². The summed E-state index contributed by atoms with van der Waals surface area (Å²) in [6.07, 6.45) is 1.32. The van der Waals surface area contributed by atoms with Crippen LogP contribution in [0, 0.1) is 5.92 Å². The summed E-state index contributed by atoms with van der Waals surface area (Å²) >= 11 is 0. The van der Waals surface area contributed by atoms with E-state index in [9.17, 15) is 14.4 Å². The van der Waals surface area contributed by atoms with Crippen molar-refractivity contribution in [3.8, 4) is 0 Å². The molecule has 3 N–H and O–H groups in total. The van der Waals surface area contributed by atoms with E-state index in [-0.39, 0.29) is 18.5 Å². The second-order valence-corrected chi connectivity index (χ2v) is 5.30. The predicted octanol–water partition coefficient (Wildman–Crippen LogP) is 0.737. The third-order valence-electron chi connectivity index (χ3n) is 3.77. The lowest BCUT2D eigenvalue weighted by molar-refractivity contribution is -0.147. The Hall–Kier alpha value is -2.37. The van der Waals surface area contributed by atoms with Crippen molar-refractivity contribution in [3.63, 3.8) is 0 Å². The molecular formula is C15H19N3O3. The lowest BCUT2D eigenvalue weighted by atomic mass is 9.93. The second kappa shape index (κ2) is 6.39. The Morgan fingerprint density at radius 1 is 1.19 bits per heavy atom. The molecule has 0 saturated carbocycles. The van der Waals surface area contributed by atoms with Gasteiger partial charge in [-0.2, -0.15) is 0 Å². The van der Waals surface area contributed by atoms with Crippen molar-refractivity contribution < 1.29 is 14.4 Å². The molecule has 1 aliphatic heterocycles. The minimum atomic E-state index is -0.696. The van der Waals surface area contributed by atoms with Crippen LogP contribution in [-0.2, 0) is 14.4 Å². The summed E-state index contributed by atoms with van der Waals surface area (Å²) in [6, 6.07) is 8.70. The highest BCUT2D eigenvalue weighted by molar-refractivity contribution is 6.39. The summed E-state index contributed by atoms with van der Waals surface area (Å²) in [5, 5.41) is 2.56. The number of piperidine rings is 1. The maximum atomic E-state index is 12.2. The van der Waals surface area contributed by atoms with E-state index < -0.39 is 17.7 Å². The van der Waals surface area contributed by atoms with Crippen LogP contribution >= 0.6 is 0 Å². The van der Waals surface area contributed by atoms with Crippen LogP contribution in [0.4, 0.5) is 5.69 Å². The normalized spacial score (nSPS) is 21.7. The average molecular weight is 289 g/mol.